The van der Waals surface area contributed by atoms with E-state index in [-0.39, 0.29) is 12.3 Å². The minimum absolute atomic E-state index is 0.154. The molecule has 1 unspecified atom stereocenters. The standard InChI is InChI=1S/C13H11F3N2O2/c1-20-12-5-8(17-6-18-12)4-11(19)13-9(15)2-7(14)3-10(13)16/h2-3,5-6,11,19H,4H2,1H3. The SMILES string of the molecule is COc1cc(CC(O)c2c(F)cc(F)cc2F)ncn1. The normalized spacial score (nSPS) is 12.2. The quantitative estimate of drug-likeness (QED) is 0.935. The molecule has 0 saturated carbocycles. The van der Waals surface area contributed by atoms with Crippen LogP contribution in [-0.4, -0.2) is 22.2 Å². The number of aromatic nitrogens is 2. The Morgan fingerprint density at radius 1 is 1.15 bits per heavy atom. The smallest absolute Gasteiger partial charge is 0.216 e. The van der Waals surface area contributed by atoms with Crippen LogP contribution >= 0.6 is 0 Å². The van der Waals surface area contributed by atoms with E-state index in [1.165, 1.54) is 19.5 Å². The lowest BCUT2D eigenvalue weighted by molar-refractivity contribution is 0.166. The molecule has 7 heteroatoms. The van der Waals surface area contributed by atoms with Crippen LogP contribution in [0.25, 0.3) is 0 Å². The number of methoxy groups -OCH3 is 1. The van der Waals surface area contributed by atoms with Crippen molar-refractivity contribution in [1.29, 1.82) is 0 Å². The van der Waals surface area contributed by atoms with Crippen LogP contribution in [0.3, 0.4) is 0 Å². The molecule has 1 aromatic heterocycles. The molecule has 0 fully saturated rings. The van der Waals surface area contributed by atoms with E-state index in [0.717, 1.165) is 0 Å². The maximum atomic E-state index is 13.5. The Labute approximate surface area is 112 Å². The topological polar surface area (TPSA) is 55.2 Å². The first-order valence-electron chi connectivity index (χ1n) is 5.68. The van der Waals surface area contributed by atoms with E-state index < -0.39 is 29.1 Å². The van der Waals surface area contributed by atoms with Gasteiger partial charge in [0.1, 0.15) is 23.8 Å². The molecule has 0 aliphatic carbocycles. The monoisotopic (exact) mass is 284 g/mol. The van der Waals surface area contributed by atoms with Crippen LogP contribution in [-0.2, 0) is 6.42 Å². The summed E-state index contributed by atoms with van der Waals surface area (Å²) in [4.78, 5) is 7.63. The average Bonchev–Trinajstić information content (AvgIpc) is 2.37. The molecule has 2 rings (SSSR count). The molecule has 0 aliphatic heterocycles. The van der Waals surface area contributed by atoms with Gasteiger partial charge in [0.15, 0.2) is 0 Å². The van der Waals surface area contributed by atoms with Crippen LogP contribution < -0.4 is 4.74 Å². The fraction of sp³-hybridized carbons (Fsp3) is 0.231. The Balaban J connectivity index is 2.26. The summed E-state index contributed by atoms with van der Waals surface area (Å²) in [5, 5.41) is 9.89. The Hall–Kier alpha value is -2.15. The molecule has 1 aromatic carbocycles. The first kappa shape index (κ1) is 14.3. The minimum Gasteiger partial charge on any atom is -0.481 e. The Bertz CT molecular complexity index is 599. The summed E-state index contributed by atoms with van der Waals surface area (Å²) in [6.45, 7) is 0. The molecule has 0 spiro atoms. The second kappa shape index (κ2) is 5.87. The first-order chi connectivity index (χ1) is 9.51. The number of nitrogens with zero attached hydrogens (tertiary/aromatic N) is 2. The van der Waals surface area contributed by atoms with Crippen LogP contribution in [0.2, 0.25) is 0 Å². The van der Waals surface area contributed by atoms with Crippen molar-refractivity contribution >= 4 is 0 Å². The lowest BCUT2D eigenvalue weighted by Crippen LogP contribution is -2.09. The summed E-state index contributed by atoms with van der Waals surface area (Å²) in [6.07, 6.45) is -0.438. The molecule has 20 heavy (non-hydrogen) atoms. The van der Waals surface area contributed by atoms with Crippen molar-refractivity contribution in [2.24, 2.45) is 0 Å². The molecular formula is C13H11F3N2O2. The molecular weight excluding hydrogens is 273 g/mol. The van der Waals surface area contributed by atoms with E-state index in [1.807, 2.05) is 0 Å². The molecule has 1 heterocycles. The Kier molecular flexibility index (Phi) is 4.19. The van der Waals surface area contributed by atoms with Gasteiger partial charge < -0.3 is 9.84 Å². The molecule has 0 amide bonds. The van der Waals surface area contributed by atoms with Gasteiger partial charge in [0.05, 0.1) is 24.5 Å². The van der Waals surface area contributed by atoms with Gasteiger partial charge >= 0.3 is 0 Å². The van der Waals surface area contributed by atoms with E-state index >= 15 is 0 Å². The molecule has 0 saturated heterocycles. The van der Waals surface area contributed by atoms with Gasteiger partial charge in [0, 0.05) is 24.6 Å². The maximum absolute atomic E-state index is 13.5. The fourth-order valence-electron chi connectivity index (χ4n) is 1.77. The second-order valence-corrected chi connectivity index (χ2v) is 4.05. The predicted molar refractivity (Wildman–Crippen MR) is 63.6 cm³/mol. The van der Waals surface area contributed by atoms with E-state index in [9.17, 15) is 18.3 Å². The van der Waals surface area contributed by atoms with Gasteiger partial charge in [-0.1, -0.05) is 0 Å². The van der Waals surface area contributed by atoms with Crippen LogP contribution in [0.15, 0.2) is 24.5 Å². The van der Waals surface area contributed by atoms with Crippen molar-refractivity contribution in [1.82, 2.24) is 9.97 Å². The zero-order chi connectivity index (χ0) is 14.7. The fourth-order valence-corrected chi connectivity index (χ4v) is 1.77. The van der Waals surface area contributed by atoms with E-state index in [4.69, 9.17) is 4.74 Å². The predicted octanol–water partition coefficient (Wildman–Crippen LogP) is 2.18. The number of hydrogen-bond acceptors (Lipinski definition) is 4. The van der Waals surface area contributed by atoms with Gasteiger partial charge in [0.2, 0.25) is 5.88 Å². The highest BCUT2D eigenvalue weighted by Crippen LogP contribution is 2.25. The van der Waals surface area contributed by atoms with Crippen molar-refractivity contribution in [3.63, 3.8) is 0 Å². The summed E-state index contributed by atoms with van der Waals surface area (Å²) in [6, 6.07) is 2.47. The number of benzene rings is 1. The number of rotatable bonds is 4. The number of aliphatic hydroxyl groups is 1. The number of halogens is 3. The van der Waals surface area contributed by atoms with Crippen LogP contribution in [0.1, 0.15) is 17.4 Å². The lowest BCUT2D eigenvalue weighted by Gasteiger charge is -2.13. The highest BCUT2D eigenvalue weighted by atomic mass is 19.1. The summed E-state index contributed by atoms with van der Waals surface area (Å²) in [7, 11) is 1.40. The van der Waals surface area contributed by atoms with E-state index in [2.05, 4.69) is 9.97 Å². The minimum atomic E-state index is -1.49. The zero-order valence-corrected chi connectivity index (χ0v) is 10.5. The number of hydrogen-bond donors (Lipinski definition) is 1. The third-order valence-corrected chi connectivity index (χ3v) is 2.69. The molecule has 1 N–H and O–H groups in total. The average molecular weight is 284 g/mol. The summed E-state index contributed by atoms with van der Waals surface area (Å²) < 4.78 is 44.7. The van der Waals surface area contributed by atoms with Crippen LogP contribution in [0.5, 0.6) is 5.88 Å². The van der Waals surface area contributed by atoms with Gasteiger partial charge in [-0.2, -0.15) is 0 Å². The van der Waals surface area contributed by atoms with Gasteiger partial charge in [-0.15, -0.1) is 0 Å². The molecule has 1 atom stereocenters. The van der Waals surface area contributed by atoms with Crippen LogP contribution in [0.4, 0.5) is 13.2 Å². The van der Waals surface area contributed by atoms with Crippen LogP contribution in [0, 0.1) is 17.5 Å². The van der Waals surface area contributed by atoms with Gasteiger partial charge in [0.25, 0.3) is 0 Å². The van der Waals surface area contributed by atoms with Gasteiger partial charge in [-0.05, 0) is 0 Å². The third kappa shape index (κ3) is 3.05. The maximum Gasteiger partial charge on any atom is 0.216 e. The van der Waals surface area contributed by atoms with Gasteiger partial charge in [-0.3, -0.25) is 0 Å². The number of aliphatic hydroxyl groups excluding tert-OH is 1. The summed E-state index contributed by atoms with van der Waals surface area (Å²) in [5.74, 6) is -3.06. The van der Waals surface area contributed by atoms with Crippen molar-refractivity contribution in [2.75, 3.05) is 7.11 Å². The van der Waals surface area contributed by atoms with Crippen molar-refractivity contribution in [3.05, 3.63) is 53.2 Å². The largest absolute Gasteiger partial charge is 0.481 e. The Morgan fingerprint density at radius 3 is 2.40 bits per heavy atom. The first-order valence-corrected chi connectivity index (χ1v) is 5.68. The highest BCUT2D eigenvalue weighted by molar-refractivity contribution is 5.25. The highest BCUT2D eigenvalue weighted by Gasteiger charge is 2.20. The summed E-state index contributed by atoms with van der Waals surface area (Å²) in [5.41, 5.74) is -0.253. The molecule has 4 nitrogen and oxygen atoms in total. The Morgan fingerprint density at radius 2 is 1.80 bits per heavy atom. The second-order valence-electron chi connectivity index (χ2n) is 4.05. The number of ether oxygens (including phenoxy) is 1. The van der Waals surface area contributed by atoms with E-state index in [0.29, 0.717) is 17.8 Å². The lowest BCUT2D eigenvalue weighted by atomic mass is 10.0. The molecule has 0 bridgehead atoms. The molecule has 2 aromatic rings. The molecule has 106 valence electrons. The van der Waals surface area contributed by atoms with Crippen molar-refractivity contribution in [2.45, 2.75) is 12.5 Å². The summed E-state index contributed by atoms with van der Waals surface area (Å²) >= 11 is 0. The van der Waals surface area contributed by atoms with Crippen molar-refractivity contribution < 1.29 is 23.0 Å². The molecule has 0 aliphatic rings. The molecule has 0 radical (unpaired) electrons. The third-order valence-electron chi connectivity index (χ3n) is 2.69. The van der Waals surface area contributed by atoms with E-state index in [1.54, 1.807) is 0 Å². The zero-order valence-electron chi connectivity index (χ0n) is 10.5. The van der Waals surface area contributed by atoms with Gasteiger partial charge in [-0.25, -0.2) is 23.1 Å². The van der Waals surface area contributed by atoms with Crippen molar-refractivity contribution in [3.8, 4) is 5.88 Å².